The Morgan fingerprint density at radius 3 is 2.86 bits per heavy atom. The first-order valence-electron chi connectivity index (χ1n) is 4.70. The fourth-order valence-corrected chi connectivity index (χ4v) is 1.90. The molecule has 1 aromatic rings. The molecule has 4 nitrogen and oxygen atoms in total. The van der Waals surface area contributed by atoms with Gasteiger partial charge < -0.3 is 5.73 Å². The van der Waals surface area contributed by atoms with Crippen LogP contribution in [-0.4, -0.2) is 9.55 Å². The lowest BCUT2D eigenvalue weighted by atomic mass is 9.92. The van der Waals surface area contributed by atoms with Gasteiger partial charge in [-0.15, -0.1) is 0 Å². The molecule has 76 valence electrons. The van der Waals surface area contributed by atoms with Gasteiger partial charge >= 0.3 is 5.69 Å². The molecule has 0 bridgehead atoms. The maximum Gasteiger partial charge on any atom is 0.349 e. The van der Waals surface area contributed by atoms with Crippen molar-refractivity contribution in [1.82, 2.24) is 9.55 Å². The van der Waals surface area contributed by atoms with E-state index in [-0.39, 0.29) is 16.9 Å². The monoisotopic (exact) mass is 213 g/mol. The van der Waals surface area contributed by atoms with Crippen molar-refractivity contribution in [2.45, 2.75) is 31.8 Å². The van der Waals surface area contributed by atoms with Crippen molar-refractivity contribution < 1.29 is 0 Å². The highest BCUT2D eigenvalue weighted by Gasteiger charge is 2.22. The number of halogens is 1. The van der Waals surface area contributed by atoms with Crippen molar-refractivity contribution in [3.63, 3.8) is 0 Å². The van der Waals surface area contributed by atoms with E-state index < -0.39 is 0 Å². The molecule has 0 amide bonds. The maximum absolute atomic E-state index is 11.6. The van der Waals surface area contributed by atoms with Crippen LogP contribution in [0.4, 0.5) is 0 Å². The van der Waals surface area contributed by atoms with Crippen LogP contribution in [0.1, 0.15) is 31.0 Å². The van der Waals surface area contributed by atoms with E-state index in [1.54, 1.807) is 10.6 Å². The van der Waals surface area contributed by atoms with Crippen LogP contribution in [-0.2, 0) is 6.54 Å². The second kappa shape index (κ2) is 3.71. The summed E-state index contributed by atoms with van der Waals surface area (Å²) in [4.78, 5) is 15.3. The maximum atomic E-state index is 11.6. The number of nitrogens with two attached hydrogens (primary N) is 1. The third-order valence-electron chi connectivity index (χ3n) is 2.65. The van der Waals surface area contributed by atoms with Crippen LogP contribution >= 0.6 is 11.6 Å². The molecule has 0 radical (unpaired) electrons. The minimum atomic E-state index is -0.275. The molecule has 0 atom stereocenters. The molecule has 0 unspecified atom stereocenters. The summed E-state index contributed by atoms with van der Waals surface area (Å²) in [6.07, 6.45) is 3.25. The molecular weight excluding hydrogens is 202 g/mol. The number of hydrogen-bond acceptors (Lipinski definition) is 3. The highest BCUT2D eigenvalue weighted by Crippen LogP contribution is 2.31. The second-order valence-electron chi connectivity index (χ2n) is 3.51. The van der Waals surface area contributed by atoms with E-state index >= 15 is 0 Å². The summed E-state index contributed by atoms with van der Waals surface area (Å²) in [7, 11) is 0. The predicted octanol–water partition coefficient (Wildman–Crippen LogP) is 1.08. The molecule has 14 heavy (non-hydrogen) atoms. The topological polar surface area (TPSA) is 60.9 Å². The molecule has 0 spiro atoms. The minimum Gasteiger partial charge on any atom is -0.325 e. The summed E-state index contributed by atoms with van der Waals surface area (Å²) >= 11 is 5.69. The average molecular weight is 214 g/mol. The average Bonchev–Trinajstić information content (AvgIpc) is 2.05. The van der Waals surface area contributed by atoms with Crippen molar-refractivity contribution in [2.24, 2.45) is 5.73 Å². The van der Waals surface area contributed by atoms with E-state index in [1.165, 1.54) is 6.42 Å². The summed E-state index contributed by atoms with van der Waals surface area (Å²) in [5, 5.41) is 0.228. The lowest BCUT2D eigenvalue weighted by Crippen LogP contribution is -2.34. The Balaban J connectivity index is 2.50. The molecule has 1 fully saturated rings. The summed E-state index contributed by atoms with van der Waals surface area (Å²) in [6.45, 7) is 0.327. The van der Waals surface area contributed by atoms with Crippen molar-refractivity contribution in [1.29, 1.82) is 0 Å². The summed E-state index contributed by atoms with van der Waals surface area (Å²) in [5.41, 5.74) is 6.06. The smallest absolute Gasteiger partial charge is 0.325 e. The number of nitrogens with zero attached hydrogens (tertiary/aromatic N) is 2. The molecule has 1 saturated carbocycles. The zero-order valence-corrected chi connectivity index (χ0v) is 8.50. The van der Waals surface area contributed by atoms with Crippen molar-refractivity contribution in [2.75, 3.05) is 0 Å². The molecule has 0 aromatic carbocycles. The highest BCUT2D eigenvalue weighted by molar-refractivity contribution is 6.29. The third-order valence-corrected chi connectivity index (χ3v) is 2.85. The Labute approximate surface area is 86.7 Å². The van der Waals surface area contributed by atoms with Gasteiger partial charge in [0.05, 0.1) is 0 Å². The predicted molar refractivity (Wildman–Crippen MR) is 54.3 cm³/mol. The zero-order valence-electron chi connectivity index (χ0n) is 7.74. The molecule has 1 heterocycles. The standard InChI is InChI=1S/C9H12ClN3O/c10-8-4-7(5-11)13(9(14)12-8)6-2-1-3-6/h4,6H,1-3,5,11H2. The summed E-state index contributed by atoms with van der Waals surface area (Å²) in [5.74, 6) is 0. The first kappa shape index (κ1) is 9.68. The van der Waals surface area contributed by atoms with Crippen LogP contribution in [0.15, 0.2) is 10.9 Å². The van der Waals surface area contributed by atoms with E-state index in [0.29, 0.717) is 6.54 Å². The fourth-order valence-electron chi connectivity index (χ4n) is 1.70. The van der Waals surface area contributed by atoms with Crippen LogP contribution in [0.2, 0.25) is 5.15 Å². The van der Waals surface area contributed by atoms with Gasteiger partial charge in [-0.1, -0.05) is 11.6 Å². The first-order valence-corrected chi connectivity index (χ1v) is 5.08. The molecule has 0 aliphatic heterocycles. The summed E-state index contributed by atoms with van der Waals surface area (Å²) < 4.78 is 1.68. The number of aromatic nitrogens is 2. The van der Waals surface area contributed by atoms with Gasteiger partial charge in [-0.05, 0) is 25.3 Å². The van der Waals surface area contributed by atoms with Gasteiger partial charge in [-0.3, -0.25) is 4.57 Å². The van der Waals surface area contributed by atoms with Gasteiger partial charge in [0.25, 0.3) is 0 Å². The van der Waals surface area contributed by atoms with Gasteiger partial charge in [-0.25, -0.2) is 4.79 Å². The largest absolute Gasteiger partial charge is 0.349 e. The molecule has 5 heteroatoms. The molecule has 1 aliphatic carbocycles. The van der Waals surface area contributed by atoms with Gasteiger partial charge in [-0.2, -0.15) is 4.98 Å². The molecule has 1 aromatic heterocycles. The van der Waals surface area contributed by atoms with E-state index in [4.69, 9.17) is 17.3 Å². The van der Waals surface area contributed by atoms with Crippen LogP contribution in [0.25, 0.3) is 0 Å². The van der Waals surface area contributed by atoms with Crippen LogP contribution < -0.4 is 11.4 Å². The molecule has 1 aliphatic rings. The molecular formula is C9H12ClN3O. The molecule has 2 N–H and O–H groups in total. The highest BCUT2D eigenvalue weighted by atomic mass is 35.5. The van der Waals surface area contributed by atoms with Crippen molar-refractivity contribution >= 4 is 11.6 Å². The Hall–Kier alpha value is -0.870. The van der Waals surface area contributed by atoms with E-state index in [9.17, 15) is 4.79 Å². The van der Waals surface area contributed by atoms with Gasteiger partial charge in [0.1, 0.15) is 5.15 Å². The molecule has 2 rings (SSSR count). The zero-order chi connectivity index (χ0) is 10.1. The fraction of sp³-hybridized carbons (Fsp3) is 0.556. The molecule has 0 saturated heterocycles. The first-order chi connectivity index (χ1) is 6.72. The van der Waals surface area contributed by atoms with E-state index in [0.717, 1.165) is 18.5 Å². The third kappa shape index (κ3) is 1.55. The van der Waals surface area contributed by atoms with Gasteiger partial charge in [0.2, 0.25) is 0 Å². The normalized spacial score (nSPS) is 16.7. The lowest BCUT2D eigenvalue weighted by molar-refractivity contribution is 0.295. The Bertz CT molecular complexity index is 398. The Morgan fingerprint density at radius 2 is 2.36 bits per heavy atom. The second-order valence-corrected chi connectivity index (χ2v) is 3.90. The van der Waals surface area contributed by atoms with Crippen molar-refractivity contribution in [3.8, 4) is 0 Å². The number of hydrogen-bond donors (Lipinski definition) is 1. The van der Waals surface area contributed by atoms with Crippen LogP contribution in [0.5, 0.6) is 0 Å². The quantitative estimate of drug-likeness (QED) is 0.748. The minimum absolute atomic E-state index is 0.228. The van der Waals surface area contributed by atoms with Crippen LogP contribution in [0, 0.1) is 0 Å². The van der Waals surface area contributed by atoms with E-state index in [2.05, 4.69) is 4.98 Å². The number of rotatable bonds is 2. The summed E-state index contributed by atoms with van der Waals surface area (Å²) in [6, 6.07) is 1.95. The van der Waals surface area contributed by atoms with E-state index in [1.807, 2.05) is 0 Å². The lowest BCUT2D eigenvalue weighted by Gasteiger charge is -2.29. The SMILES string of the molecule is NCc1cc(Cl)nc(=O)n1C1CCC1. The Kier molecular flexibility index (Phi) is 2.56. The Morgan fingerprint density at radius 1 is 1.64 bits per heavy atom. The van der Waals surface area contributed by atoms with Gasteiger partial charge in [0.15, 0.2) is 0 Å². The van der Waals surface area contributed by atoms with Crippen molar-refractivity contribution in [3.05, 3.63) is 27.4 Å². The van der Waals surface area contributed by atoms with Crippen LogP contribution in [0.3, 0.4) is 0 Å². The van der Waals surface area contributed by atoms with Gasteiger partial charge in [0, 0.05) is 18.3 Å².